The van der Waals surface area contributed by atoms with Gasteiger partial charge in [0.1, 0.15) is 5.75 Å². The molecule has 0 fully saturated rings. The second-order valence-electron chi connectivity index (χ2n) is 8.63. The van der Waals surface area contributed by atoms with Crippen LogP contribution in [-0.2, 0) is 9.53 Å². The van der Waals surface area contributed by atoms with Gasteiger partial charge < -0.3 is 9.47 Å². The van der Waals surface area contributed by atoms with E-state index in [1.807, 2.05) is 36.4 Å². The Hall–Kier alpha value is -2.49. The number of halogens is 2. The summed E-state index contributed by atoms with van der Waals surface area (Å²) in [6, 6.07) is 11.2. The molecule has 0 saturated heterocycles. The summed E-state index contributed by atoms with van der Waals surface area (Å²) in [6.45, 7) is 8.03. The second kappa shape index (κ2) is 10.9. The SMILES string of the molecule is CCOC(=O)C1=C(C)N=c2s/c(=C\c3cc(Br)cc(Br)c3OC)c(=O)n2[C@H]1c1ccc(C(C)C)cc1. The molecule has 9 heteroatoms. The smallest absolute Gasteiger partial charge is 0.338 e. The van der Waals surface area contributed by atoms with Crippen molar-refractivity contribution in [3.05, 3.63) is 93.0 Å². The molecule has 2 heterocycles. The van der Waals surface area contributed by atoms with E-state index in [0.717, 1.165) is 20.1 Å². The number of rotatable bonds is 6. The maximum atomic E-state index is 13.8. The van der Waals surface area contributed by atoms with E-state index in [9.17, 15) is 9.59 Å². The quantitative estimate of drug-likeness (QED) is 0.338. The molecule has 0 aliphatic carbocycles. The van der Waals surface area contributed by atoms with Crippen LogP contribution < -0.4 is 19.6 Å². The first-order chi connectivity index (χ1) is 17.2. The highest BCUT2D eigenvalue weighted by Crippen LogP contribution is 2.34. The first-order valence-corrected chi connectivity index (χ1v) is 13.9. The molecule has 0 spiro atoms. The molecule has 0 bridgehead atoms. The minimum Gasteiger partial charge on any atom is -0.495 e. The van der Waals surface area contributed by atoms with Crippen LogP contribution in [0.3, 0.4) is 0 Å². The predicted octanol–water partition coefficient (Wildman–Crippen LogP) is 5.46. The van der Waals surface area contributed by atoms with Gasteiger partial charge in [0.25, 0.3) is 5.56 Å². The van der Waals surface area contributed by atoms with Gasteiger partial charge in [-0.25, -0.2) is 9.79 Å². The van der Waals surface area contributed by atoms with Gasteiger partial charge in [0.05, 0.1) is 40.0 Å². The van der Waals surface area contributed by atoms with Crippen molar-refractivity contribution in [2.75, 3.05) is 13.7 Å². The van der Waals surface area contributed by atoms with Gasteiger partial charge in [-0.05, 0) is 65.0 Å². The maximum absolute atomic E-state index is 13.8. The number of nitrogens with zero attached hydrogens (tertiary/aromatic N) is 2. The number of carbonyl (C=O) groups is 1. The third kappa shape index (κ3) is 5.01. The highest BCUT2D eigenvalue weighted by molar-refractivity contribution is 9.11. The van der Waals surface area contributed by atoms with Crippen molar-refractivity contribution in [3.63, 3.8) is 0 Å². The van der Waals surface area contributed by atoms with Gasteiger partial charge in [0.15, 0.2) is 4.80 Å². The van der Waals surface area contributed by atoms with Crippen LogP contribution >= 0.6 is 43.2 Å². The number of thiazole rings is 1. The molecule has 0 N–H and O–H groups in total. The van der Waals surface area contributed by atoms with Crippen molar-refractivity contribution < 1.29 is 14.3 Å². The van der Waals surface area contributed by atoms with E-state index < -0.39 is 12.0 Å². The number of allylic oxidation sites excluding steroid dienone is 1. The summed E-state index contributed by atoms with van der Waals surface area (Å²) in [6.07, 6.45) is 1.79. The monoisotopic (exact) mass is 632 g/mol. The Labute approximate surface area is 230 Å². The predicted molar refractivity (Wildman–Crippen MR) is 149 cm³/mol. The molecule has 0 radical (unpaired) electrons. The third-order valence-electron chi connectivity index (χ3n) is 5.96. The largest absolute Gasteiger partial charge is 0.495 e. The van der Waals surface area contributed by atoms with Crippen LogP contribution in [0.1, 0.15) is 56.3 Å². The lowest BCUT2D eigenvalue weighted by Gasteiger charge is -2.25. The summed E-state index contributed by atoms with van der Waals surface area (Å²) in [7, 11) is 1.59. The Morgan fingerprint density at radius 1 is 1.22 bits per heavy atom. The highest BCUT2D eigenvalue weighted by Gasteiger charge is 2.33. The van der Waals surface area contributed by atoms with Crippen LogP contribution in [-0.4, -0.2) is 24.3 Å². The van der Waals surface area contributed by atoms with Crippen molar-refractivity contribution in [2.24, 2.45) is 4.99 Å². The Kier molecular flexibility index (Phi) is 8.02. The molecule has 0 saturated carbocycles. The lowest BCUT2D eigenvalue weighted by atomic mass is 9.93. The minimum absolute atomic E-state index is 0.232. The van der Waals surface area contributed by atoms with E-state index in [4.69, 9.17) is 9.47 Å². The van der Waals surface area contributed by atoms with Crippen molar-refractivity contribution in [1.82, 2.24) is 4.57 Å². The van der Waals surface area contributed by atoms with Crippen molar-refractivity contribution in [2.45, 2.75) is 39.7 Å². The molecule has 6 nitrogen and oxygen atoms in total. The van der Waals surface area contributed by atoms with Crippen LogP contribution in [0.5, 0.6) is 5.75 Å². The normalized spacial score (nSPS) is 15.7. The first-order valence-electron chi connectivity index (χ1n) is 11.5. The number of ether oxygens (including phenoxy) is 2. The molecule has 0 amide bonds. The molecule has 0 unspecified atom stereocenters. The molecule has 1 aliphatic heterocycles. The zero-order valence-corrected chi connectivity index (χ0v) is 24.6. The molecule has 2 aromatic carbocycles. The molecule has 1 aromatic heterocycles. The van der Waals surface area contributed by atoms with Gasteiger partial charge in [-0.3, -0.25) is 9.36 Å². The number of methoxy groups -OCH3 is 1. The Balaban J connectivity index is 1.97. The molecule has 3 aromatic rings. The fourth-order valence-electron chi connectivity index (χ4n) is 4.21. The highest BCUT2D eigenvalue weighted by atomic mass is 79.9. The molecule has 36 heavy (non-hydrogen) atoms. The number of carbonyl (C=O) groups excluding carboxylic acids is 1. The van der Waals surface area contributed by atoms with E-state index in [-0.39, 0.29) is 12.2 Å². The zero-order chi connectivity index (χ0) is 26.1. The van der Waals surface area contributed by atoms with Gasteiger partial charge in [-0.1, -0.05) is 65.4 Å². The van der Waals surface area contributed by atoms with Gasteiger partial charge >= 0.3 is 5.97 Å². The molecule has 4 rings (SSSR count). The topological polar surface area (TPSA) is 69.9 Å². The fraction of sp³-hybridized carbons (Fsp3) is 0.296. The van der Waals surface area contributed by atoms with Crippen molar-refractivity contribution in [3.8, 4) is 5.75 Å². The van der Waals surface area contributed by atoms with Crippen LogP contribution in [0.25, 0.3) is 6.08 Å². The second-order valence-corrected chi connectivity index (χ2v) is 11.4. The zero-order valence-electron chi connectivity index (χ0n) is 20.6. The van der Waals surface area contributed by atoms with Gasteiger partial charge in [0.2, 0.25) is 0 Å². The number of fused-ring (bicyclic) bond motifs is 1. The summed E-state index contributed by atoms with van der Waals surface area (Å²) < 4.78 is 14.6. The molecular weight excluding hydrogens is 608 g/mol. The summed E-state index contributed by atoms with van der Waals surface area (Å²) >= 11 is 8.30. The van der Waals surface area contributed by atoms with E-state index >= 15 is 0 Å². The average molecular weight is 634 g/mol. The summed E-state index contributed by atoms with van der Waals surface area (Å²) in [5, 5.41) is 0. The van der Waals surface area contributed by atoms with E-state index in [0.29, 0.717) is 32.3 Å². The standard InChI is InChI=1S/C27H26Br2N2O4S/c1-6-35-26(33)22-15(4)30-27-31(23(22)17-9-7-16(8-10-17)14(2)3)25(32)21(36-27)12-18-11-19(28)13-20(29)24(18)34-5/h7-14,23H,6H2,1-5H3/b21-12-/t23-/m0/s1. The minimum atomic E-state index is -0.639. The number of benzene rings is 2. The number of hydrogen-bond donors (Lipinski definition) is 0. The van der Waals surface area contributed by atoms with E-state index in [1.54, 1.807) is 31.6 Å². The van der Waals surface area contributed by atoms with Crippen LogP contribution in [0, 0.1) is 0 Å². The Bertz CT molecular complexity index is 1540. The lowest BCUT2D eigenvalue weighted by molar-refractivity contribution is -0.139. The lowest BCUT2D eigenvalue weighted by Crippen LogP contribution is -2.39. The third-order valence-corrected chi connectivity index (χ3v) is 7.99. The summed E-state index contributed by atoms with van der Waals surface area (Å²) in [5.74, 6) is 0.513. The van der Waals surface area contributed by atoms with Gasteiger partial charge in [-0.2, -0.15) is 0 Å². The number of hydrogen-bond acceptors (Lipinski definition) is 6. The van der Waals surface area contributed by atoms with Gasteiger partial charge in [-0.15, -0.1) is 0 Å². The average Bonchev–Trinajstić information content (AvgIpc) is 3.12. The maximum Gasteiger partial charge on any atom is 0.338 e. The summed E-state index contributed by atoms with van der Waals surface area (Å²) in [4.78, 5) is 32.1. The molecule has 1 atom stereocenters. The van der Waals surface area contributed by atoms with Gasteiger partial charge in [0, 0.05) is 10.0 Å². The molecule has 188 valence electrons. The van der Waals surface area contributed by atoms with Crippen LogP contribution in [0.15, 0.2) is 66.4 Å². The Morgan fingerprint density at radius 2 is 1.92 bits per heavy atom. The van der Waals surface area contributed by atoms with E-state index in [2.05, 4.69) is 50.7 Å². The van der Waals surface area contributed by atoms with Crippen LogP contribution in [0.2, 0.25) is 0 Å². The number of esters is 1. The van der Waals surface area contributed by atoms with Crippen molar-refractivity contribution >= 4 is 55.2 Å². The molecule has 1 aliphatic rings. The van der Waals surface area contributed by atoms with Crippen LogP contribution in [0.4, 0.5) is 0 Å². The fourth-order valence-corrected chi connectivity index (χ4v) is 6.67. The van der Waals surface area contributed by atoms with E-state index in [1.165, 1.54) is 16.9 Å². The molecular formula is C27H26Br2N2O4S. The first kappa shape index (κ1) is 26.6. The van der Waals surface area contributed by atoms with Crippen molar-refractivity contribution in [1.29, 1.82) is 0 Å². The Morgan fingerprint density at radius 3 is 2.53 bits per heavy atom. The number of aromatic nitrogens is 1. The summed E-state index contributed by atoms with van der Waals surface area (Å²) in [5.41, 5.74) is 3.43.